The zero-order valence-electron chi connectivity index (χ0n) is 18.4. The van der Waals surface area contributed by atoms with Crippen molar-refractivity contribution >= 4 is 33.1 Å². The second-order valence-electron chi connectivity index (χ2n) is 8.37. The minimum Gasteiger partial charge on any atom is -0.454 e. The quantitative estimate of drug-likeness (QED) is 0.503. The zero-order valence-corrected chi connectivity index (χ0v) is 20.0. The number of hydrogen-bond acceptors (Lipinski definition) is 5. The van der Waals surface area contributed by atoms with Crippen LogP contribution in [0.15, 0.2) is 76.6 Å². The van der Waals surface area contributed by atoms with Gasteiger partial charge in [-0.25, -0.2) is 13.4 Å². The van der Waals surface area contributed by atoms with Gasteiger partial charge in [-0.05, 0) is 56.3 Å². The van der Waals surface area contributed by atoms with Crippen LogP contribution in [-0.4, -0.2) is 49.1 Å². The fourth-order valence-electron chi connectivity index (χ4n) is 4.33. The van der Waals surface area contributed by atoms with E-state index in [0.717, 1.165) is 28.4 Å². The van der Waals surface area contributed by atoms with E-state index >= 15 is 0 Å². The molecule has 3 aromatic carbocycles. The van der Waals surface area contributed by atoms with Crippen molar-refractivity contribution in [2.45, 2.75) is 24.8 Å². The highest BCUT2D eigenvalue weighted by Crippen LogP contribution is 2.38. The van der Waals surface area contributed by atoms with E-state index in [0.29, 0.717) is 30.4 Å². The number of aliphatic imine (C=N–C) groups is 1. The van der Waals surface area contributed by atoms with Crippen molar-refractivity contribution in [3.8, 4) is 11.5 Å². The Morgan fingerprint density at radius 3 is 2.61 bits per heavy atom. The number of ether oxygens (including phenoxy) is 1. The molecular weight excluding hydrogens is 458 g/mol. The number of rotatable bonds is 2. The first-order valence-electron chi connectivity index (χ1n) is 10.8. The van der Waals surface area contributed by atoms with Crippen LogP contribution in [0.1, 0.15) is 18.1 Å². The number of nitrogens with zero attached hydrogens (tertiary/aromatic N) is 3. The maximum absolute atomic E-state index is 13.3. The fraction of sp³-hybridized carbons (Fsp3) is 0.240. The van der Waals surface area contributed by atoms with E-state index in [1.165, 1.54) is 6.07 Å². The molecule has 0 unspecified atom stereocenters. The summed E-state index contributed by atoms with van der Waals surface area (Å²) < 4.78 is 34.3. The van der Waals surface area contributed by atoms with E-state index in [2.05, 4.69) is 11.0 Å². The van der Waals surface area contributed by atoms with E-state index in [9.17, 15) is 8.42 Å². The van der Waals surface area contributed by atoms with E-state index in [1.807, 2.05) is 50.2 Å². The molecule has 2 aliphatic heterocycles. The molecule has 0 amide bonds. The number of piperazine rings is 1. The van der Waals surface area contributed by atoms with Gasteiger partial charge in [0.05, 0.1) is 10.5 Å². The molecule has 170 valence electrons. The van der Waals surface area contributed by atoms with Crippen LogP contribution < -0.4 is 4.74 Å². The summed E-state index contributed by atoms with van der Waals surface area (Å²) in [6.07, 6.45) is 0. The molecule has 2 heterocycles. The monoisotopic (exact) mass is 481 g/mol. The van der Waals surface area contributed by atoms with Crippen molar-refractivity contribution < 1.29 is 13.2 Å². The number of para-hydroxylation sites is 2. The molecule has 0 aromatic heterocycles. The number of aryl methyl sites for hydroxylation is 1. The Morgan fingerprint density at radius 2 is 1.82 bits per heavy atom. The van der Waals surface area contributed by atoms with Crippen LogP contribution in [0.5, 0.6) is 11.5 Å². The van der Waals surface area contributed by atoms with Crippen LogP contribution in [0.4, 0.5) is 5.69 Å². The van der Waals surface area contributed by atoms with Crippen molar-refractivity contribution in [3.05, 3.63) is 82.9 Å². The second kappa shape index (κ2) is 8.48. The predicted molar refractivity (Wildman–Crippen MR) is 130 cm³/mol. The van der Waals surface area contributed by atoms with E-state index < -0.39 is 10.0 Å². The number of hydrogen-bond donors (Lipinski definition) is 0. The molecule has 1 atom stereocenters. The first-order valence-corrected chi connectivity index (χ1v) is 12.6. The third-order valence-corrected chi connectivity index (χ3v) is 8.20. The third kappa shape index (κ3) is 4.12. The summed E-state index contributed by atoms with van der Waals surface area (Å²) >= 11 is 6.05. The summed E-state index contributed by atoms with van der Waals surface area (Å²) in [4.78, 5) is 7.33. The minimum absolute atomic E-state index is 0.213. The lowest BCUT2D eigenvalue weighted by molar-refractivity contribution is 0.206. The lowest BCUT2D eigenvalue weighted by atomic mass is 10.1. The molecule has 6 nitrogen and oxygen atoms in total. The Bertz CT molecular complexity index is 1360. The summed E-state index contributed by atoms with van der Waals surface area (Å²) in [6.45, 7) is 5.33. The maximum Gasteiger partial charge on any atom is 0.243 e. The average Bonchev–Trinajstić information content (AvgIpc) is 2.95. The largest absolute Gasteiger partial charge is 0.454 e. The van der Waals surface area contributed by atoms with Crippen LogP contribution in [0.2, 0.25) is 5.02 Å². The number of benzene rings is 3. The van der Waals surface area contributed by atoms with Gasteiger partial charge < -0.3 is 9.64 Å². The molecule has 8 heteroatoms. The van der Waals surface area contributed by atoms with Crippen molar-refractivity contribution in [1.82, 2.24) is 9.21 Å². The first-order chi connectivity index (χ1) is 15.8. The minimum atomic E-state index is -3.65. The number of halogens is 1. The van der Waals surface area contributed by atoms with Crippen LogP contribution in [0.25, 0.3) is 0 Å². The summed E-state index contributed by atoms with van der Waals surface area (Å²) in [5.74, 6) is 2.24. The normalized spacial score (nSPS) is 18.6. The van der Waals surface area contributed by atoms with Crippen LogP contribution >= 0.6 is 11.6 Å². The van der Waals surface area contributed by atoms with Gasteiger partial charge in [-0.2, -0.15) is 4.31 Å². The summed E-state index contributed by atoms with van der Waals surface area (Å²) in [5, 5.41) is 0.404. The molecule has 5 rings (SSSR count). The molecular formula is C25H24ClN3O3S. The molecule has 0 spiro atoms. The van der Waals surface area contributed by atoms with Crippen molar-refractivity contribution in [3.63, 3.8) is 0 Å². The summed E-state index contributed by atoms with van der Waals surface area (Å²) in [6, 6.07) is 19.9. The SMILES string of the molecule is Cc1ccc2c(c1)C(N1CCN(S(=O)(=O)c3cccc(Cl)c3)[C@H](C)C1)=Nc1ccccc1O2. The topological polar surface area (TPSA) is 62.2 Å². The summed E-state index contributed by atoms with van der Waals surface area (Å²) in [5.41, 5.74) is 2.76. The van der Waals surface area contributed by atoms with Gasteiger partial charge in [0.15, 0.2) is 5.75 Å². The lowest BCUT2D eigenvalue weighted by Gasteiger charge is -2.40. The Hall–Kier alpha value is -2.87. The molecule has 1 fully saturated rings. The molecule has 0 N–H and O–H groups in total. The first kappa shape index (κ1) is 21.9. The highest BCUT2D eigenvalue weighted by atomic mass is 35.5. The fourth-order valence-corrected chi connectivity index (χ4v) is 6.25. The lowest BCUT2D eigenvalue weighted by Crippen LogP contribution is -2.55. The number of sulfonamides is 1. The molecule has 2 aliphatic rings. The third-order valence-electron chi connectivity index (χ3n) is 5.96. The molecule has 0 radical (unpaired) electrons. The molecule has 0 bridgehead atoms. The van der Waals surface area contributed by atoms with Gasteiger partial charge in [0.2, 0.25) is 10.0 Å². The van der Waals surface area contributed by atoms with Gasteiger partial charge in [-0.15, -0.1) is 0 Å². The van der Waals surface area contributed by atoms with Crippen LogP contribution in [0.3, 0.4) is 0 Å². The second-order valence-corrected chi connectivity index (χ2v) is 10.7. The highest BCUT2D eigenvalue weighted by molar-refractivity contribution is 7.89. The van der Waals surface area contributed by atoms with E-state index in [4.69, 9.17) is 21.3 Å². The maximum atomic E-state index is 13.3. The van der Waals surface area contributed by atoms with Gasteiger partial charge in [0, 0.05) is 30.7 Å². The average molecular weight is 482 g/mol. The number of fused-ring (bicyclic) bond motifs is 2. The van der Waals surface area contributed by atoms with Crippen LogP contribution in [0, 0.1) is 6.92 Å². The Balaban J connectivity index is 1.49. The smallest absolute Gasteiger partial charge is 0.243 e. The standard InChI is InChI=1S/C25H24ClN3O3S/c1-17-10-11-23-21(14-17)25(27-22-8-3-4-9-24(22)32-23)28-12-13-29(18(2)16-28)33(30,31)20-7-5-6-19(26)15-20/h3-11,14-15,18H,12-13,16H2,1-2H3/t18-/m1/s1. The molecule has 0 aliphatic carbocycles. The van der Waals surface area contributed by atoms with Crippen molar-refractivity contribution in [2.24, 2.45) is 4.99 Å². The molecule has 1 saturated heterocycles. The van der Waals surface area contributed by atoms with Gasteiger partial charge in [-0.1, -0.05) is 41.4 Å². The Labute approximate surface area is 199 Å². The predicted octanol–water partition coefficient (Wildman–Crippen LogP) is 5.23. The van der Waals surface area contributed by atoms with Gasteiger partial charge in [0.1, 0.15) is 17.3 Å². The van der Waals surface area contributed by atoms with E-state index in [-0.39, 0.29) is 10.9 Å². The summed E-state index contributed by atoms with van der Waals surface area (Å²) in [7, 11) is -3.65. The Kier molecular flexibility index (Phi) is 5.64. The van der Waals surface area contributed by atoms with Gasteiger partial charge in [-0.3, -0.25) is 0 Å². The van der Waals surface area contributed by atoms with Crippen molar-refractivity contribution in [2.75, 3.05) is 19.6 Å². The van der Waals surface area contributed by atoms with Gasteiger partial charge >= 0.3 is 0 Å². The van der Waals surface area contributed by atoms with Crippen molar-refractivity contribution in [1.29, 1.82) is 0 Å². The zero-order chi connectivity index (χ0) is 23.2. The molecule has 0 saturated carbocycles. The van der Waals surface area contributed by atoms with Gasteiger partial charge in [0.25, 0.3) is 0 Å². The highest BCUT2D eigenvalue weighted by Gasteiger charge is 2.36. The Morgan fingerprint density at radius 1 is 1.00 bits per heavy atom. The number of amidine groups is 1. The molecule has 3 aromatic rings. The van der Waals surface area contributed by atoms with Crippen LogP contribution in [-0.2, 0) is 10.0 Å². The molecule has 33 heavy (non-hydrogen) atoms. The van der Waals surface area contributed by atoms with E-state index in [1.54, 1.807) is 22.5 Å².